The molecule has 122 valence electrons. The average molecular weight is 391 g/mol. The maximum atomic E-state index is 12.2. The zero-order valence-corrected chi connectivity index (χ0v) is 15.6. The Morgan fingerprint density at radius 2 is 2.18 bits per heavy atom. The summed E-state index contributed by atoms with van der Waals surface area (Å²) >= 11 is 9.23. The lowest BCUT2D eigenvalue weighted by Gasteiger charge is -2.31. The van der Waals surface area contributed by atoms with E-state index in [1.807, 2.05) is 26.8 Å². The Morgan fingerprint density at radius 1 is 1.55 bits per heavy atom. The van der Waals surface area contributed by atoms with Crippen molar-refractivity contribution in [2.45, 2.75) is 44.8 Å². The molecule has 22 heavy (non-hydrogen) atoms. The molecular weight excluding hydrogens is 370 g/mol. The van der Waals surface area contributed by atoms with Gasteiger partial charge in [0.05, 0.1) is 21.9 Å². The third kappa shape index (κ3) is 4.26. The molecule has 1 fully saturated rings. The molecule has 1 aromatic rings. The summed E-state index contributed by atoms with van der Waals surface area (Å²) in [7, 11) is 1.79. The van der Waals surface area contributed by atoms with Gasteiger partial charge in [-0.25, -0.2) is 9.78 Å². The molecule has 1 saturated carbocycles. The van der Waals surface area contributed by atoms with Gasteiger partial charge in [-0.1, -0.05) is 11.6 Å². The summed E-state index contributed by atoms with van der Waals surface area (Å²) < 4.78 is 6.17. The normalized spacial score (nSPS) is 16.1. The molecule has 0 atom stereocenters. The Bertz CT molecular complexity index is 570. The number of carbonyl (C=O) groups is 1. The van der Waals surface area contributed by atoms with E-state index in [0.717, 1.165) is 23.0 Å². The average Bonchev–Trinajstić information content (AvgIpc) is 3.18. The van der Waals surface area contributed by atoms with Gasteiger partial charge in [-0.2, -0.15) is 0 Å². The minimum Gasteiger partial charge on any atom is -0.444 e. The van der Waals surface area contributed by atoms with Crippen LogP contribution in [0.15, 0.2) is 16.7 Å². The number of carbonyl (C=O) groups excluding carboxylic acids is 1. The minimum absolute atomic E-state index is 0.186. The first-order valence-electron chi connectivity index (χ1n) is 7.15. The molecule has 0 spiro atoms. The molecule has 7 heteroatoms. The summed E-state index contributed by atoms with van der Waals surface area (Å²) in [4.78, 5) is 18.0. The van der Waals surface area contributed by atoms with Gasteiger partial charge in [-0.15, -0.1) is 0 Å². The van der Waals surface area contributed by atoms with E-state index in [-0.39, 0.29) is 11.6 Å². The maximum absolute atomic E-state index is 12.2. The number of likely N-dealkylation sites (N-methyl/N-ethyl adjacent to an activating group) is 1. The first-order chi connectivity index (χ1) is 10.1. The highest BCUT2D eigenvalue weighted by molar-refractivity contribution is 9.10. The van der Waals surface area contributed by atoms with E-state index in [1.54, 1.807) is 18.1 Å². The van der Waals surface area contributed by atoms with Crippen LogP contribution in [0.3, 0.4) is 0 Å². The van der Waals surface area contributed by atoms with Crippen molar-refractivity contribution in [1.82, 2.24) is 9.88 Å². The molecule has 0 aliphatic heterocycles. The van der Waals surface area contributed by atoms with Crippen molar-refractivity contribution in [3.63, 3.8) is 0 Å². The van der Waals surface area contributed by atoms with Crippen LogP contribution in [0.1, 0.15) is 33.6 Å². The summed E-state index contributed by atoms with van der Waals surface area (Å²) in [5.41, 5.74) is 0.189. The second kappa shape index (κ2) is 6.24. The second-order valence-electron chi connectivity index (χ2n) is 6.61. The Hall–Kier alpha value is -1.01. The zero-order valence-electron chi connectivity index (χ0n) is 13.2. The fraction of sp³-hybridized carbons (Fsp3) is 0.600. The highest BCUT2D eigenvalue weighted by Crippen LogP contribution is 2.41. The fourth-order valence-electron chi connectivity index (χ4n) is 2.08. The van der Waals surface area contributed by atoms with Crippen LogP contribution in [0.25, 0.3) is 0 Å². The van der Waals surface area contributed by atoms with Gasteiger partial charge in [0.2, 0.25) is 0 Å². The summed E-state index contributed by atoms with van der Waals surface area (Å²) in [5, 5.41) is 3.74. The van der Waals surface area contributed by atoms with Gasteiger partial charge in [0, 0.05) is 13.6 Å². The lowest BCUT2D eigenvalue weighted by atomic mass is 10.2. The van der Waals surface area contributed by atoms with Gasteiger partial charge in [0.15, 0.2) is 0 Å². The van der Waals surface area contributed by atoms with Gasteiger partial charge in [-0.05, 0) is 55.6 Å². The van der Waals surface area contributed by atoms with E-state index in [4.69, 9.17) is 16.3 Å². The number of hydrogen-bond acceptors (Lipinski definition) is 4. The Balaban J connectivity index is 1.96. The monoisotopic (exact) mass is 389 g/mol. The quantitative estimate of drug-likeness (QED) is 0.778. The van der Waals surface area contributed by atoms with Gasteiger partial charge in [0.1, 0.15) is 10.8 Å². The van der Waals surface area contributed by atoms with Crippen LogP contribution in [-0.2, 0) is 4.74 Å². The third-order valence-electron chi connectivity index (χ3n) is 3.62. The molecule has 0 aromatic carbocycles. The number of nitrogens with one attached hydrogen (secondary N) is 1. The molecule has 5 nitrogen and oxygen atoms in total. The number of hydrogen-bond donors (Lipinski definition) is 1. The van der Waals surface area contributed by atoms with Crippen molar-refractivity contribution in [2.24, 2.45) is 0 Å². The Morgan fingerprint density at radius 3 is 2.68 bits per heavy atom. The molecule has 1 aliphatic carbocycles. The van der Waals surface area contributed by atoms with E-state index in [2.05, 4.69) is 26.2 Å². The summed E-state index contributed by atoms with van der Waals surface area (Å²) in [5.74, 6) is 0. The number of amides is 1. The Labute approximate surface area is 144 Å². The van der Waals surface area contributed by atoms with Crippen LogP contribution < -0.4 is 5.32 Å². The van der Waals surface area contributed by atoms with Crippen molar-refractivity contribution in [1.29, 1.82) is 0 Å². The summed E-state index contributed by atoms with van der Waals surface area (Å²) in [6.07, 6.45) is 3.30. The number of anilines is 1. The molecule has 0 saturated heterocycles. The van der Waals surface area contributed by atoms with E-state index in [0.29, 0.717) is 11.7 Å². The molecule has 1 amide bonds. The topological polar surface area (TPSA) is 54.5 Å². The molecule has 0 unspecified atom stereocenters. The molecule has 0 bridgehead atoms. The van der Waals surface area contributed by atoms with Crippen LogP contribution in [0.2, 0.25) is 5.15 Å². The first kappa shape index (κ1) is 17.3. The lowest BCUT2D eigenvalue weighted by Crippen LogP contribution is -2.45. The lowest BCUT2D eigenvalue weighted by molar-refractivity contribution is 0.0206. The standard InChI is InChI=1S/C15H21BrClN3O2/c1-14(2,3)22-13(21)20(4)15(5-6-15)9-19-10-7-11(16)12(17)18-8-10/h7-8,19H,5-6,9H2,1-4H3. The van der Waals surface area contributed by atoms with Crippen molar-refractivity contribution >= 4 is 39.3 Å². The van der Waals surface area contributed by atoms with Gasteiger partial charge >= 0.3 is 6.09 Å². The second-order valence-corrected chi connectivity index (χ2v) is 7.83. The molecule has 0 radical (unpaired) electrons. The van der Waals surface area contributed by atoms with Gasteiger partial charge in [-0.3, -0.25) is 0 Å². The molecule has 1 aromatic heterocycles. The number of aromatic nitrogens is 1. The first-order valence-corrected chi connectivity index (χ1v) is 8.32. The number of halogens is 2. The molecule has 1 aliphatic rings. The van der Waals surface area contributed by atoms with Gasteiger partial charge in [0.25, 0.3) is 0 Å². The predicted molar refractivity (Wildman–Crippen MR) is 91.4 cm³/mol. The molecule has 1 heterocycles. The van der Waals surface area contributed by atoms with E-state index < -0.39 is 5.60 Å². The Kier molecular flexibility index (Phi) is 4.92. The highest BCUT2D eigenvalue weighted by atomic mass is 79.9. The van der Waals surface area contributed by atoms with Crippen molar-refractivity contribution in [2.75, 3.05) is 18.9 Å². The van der Waals surface area contributed by atoms with Crippen LogP contribution in [-0.4, -0.2) is 40.7 Å². The largest absolute Gasteiger partial charge is 0.444 e. The highest BCUT2D eigenvalue weighted by Gasteiger charge is 2.49. The SMILES string of the molecule is CN(C(=O)OC(C)(C)C)C1(CNc2cnc(Cl)c(Br)c2)CC1. The number of nitrogens with zero attached hydrogens (tertiary/aromatic N) is 2. The minimum atomic E-state index is -0.486. The van der Waals surface area contributed by atoms with Crippen molar-refractivity contribution in [3.8, 4) is 0 Å². The van der Waals surface area contributed by atoms with Crippen molar-refractivity contribution < 1.29 is 9.53 Å². The third-order valence-corrected chi connectivity index (χ3v) is 4.76. The molecule has 2 rings (SSSR count). The number of ether oxygens (including phenoxy) is 1. The zero-order chi connectivity index (χ0) is 16.5. The fourth-order valence-corrected chi connectivity index (χ4v) is 2.54. The van der Waals surface area contributed by atoms with E-state index >= 15 is 0 Å². The van der Waals surface area contributed by atoms with Crippen LogP contribution in [0.4, 0.5) is 10.5 Å². The smallest absolute Gasteiger partial charge is 0.410 e. The summed E-state index contributed by atoms with van der Waals surface area (Å²) in [6.45, 7) is 6.26. The number of pyridine rings is 1. The van der Waals surface area contributed by atoms with Crippen LogP contribution in [0.5, 0.6) is 0 Å². The predicted octanol–water partition coefficient (Wildman–Crippen LogP) is 4.31. The number of rotatable bonds is 4. The van der Waals surface area contributed by atoms with Gasteiger partial charge < -0.3 is 15.0 Å². The van der Waals surface area contributed by atoms with Crippen LogP contribution >= 0.6 is 27.5 Å². The van der Waals surface area contributed by atoms with E-state index in [9.17, 15) is 4.79 Å². The summed E-state index contributed by atoms with van der Waals surface area (Å²) in [6, 6.07) is 1.87. The van der Waals surface area contributed by atoms with Crippen molar-refractivity contribution in [3.05, 3.63) is 21.9 Å². The molecular formula is C15H21BrClN3O2. The van der Waals surface area contributed by atoms with E-state index in [1.165, 1.54) is 0 Å². The molecule has 1 N–H and O–H groups in total. The maximum Gasteiger partial charge on any atom is 0.410 e. The van der Waals surface area contributed by atoms with Crippen LogP contribution in [0, 0.1) is 0 Å².